The van der Waals surface area contributed by atoms with E-state index < -0.39 is 0 Å². The Hall–Kier alpha value is -2.38. The second kappa shape index (κ2) is 9.83. The molecule has 1 N–H and O–H groups in total. The van der Waals surface area contributed by atoms with E-state index in [1.165, 1.54) is 41.5 Å². The van der Waals surface area contributed by atoms with Gasteiger partial charge in [0.2, 0.25) is 5.91 Å². The van der Waals surface area contributed by atoms with E-state index in [4.69, 9.17) is 4.98 Å². The Morgan fingerprint density at radius 2 is 2.10 bits per heavy atom. The minimum Gasteiger partial charge on any atom is -0.355 e. The number of carbonyl (C=O) groups excluding carboxylic acids is 1. The average Bonchev–Trinajstić information content (AvgIpc) is 3.22. The van der Waals surface area contributed by atoms with Crippen molar-refractivity contribution in [1.29, 1.82) is 0 Å². The molecular weight excluding hydrogens is 426 g/mol. The van der Waals surface area contributed by atoms with Gasteiger partial charge >= 0.3 is 0 Å². The molecule has 0 bridgehead atoms. The predicted octanol–water partition coefficient (Wildman–Crippen LogP) is 5.15. The lowest BCUT2D eigenvalue weighted by molar-refractivity contribution is -0.120. The lowest BCUT2D eigenvalue weighted by Gasteiger charge is -2.15. The summed E-state index contributed by atoms with van der Waals surface area (Å²) in [7, 11) is 1.73. The number of aromatic nitrogens is 2. The van der Waals surface area contributed by atoms with Gasteiger partial charge in [-0.1, -0.05) is 53.7 Å². The van der Waals surface area contributed by atoms with Crippen LogP contribution in [0.1, 0.15) is 39.0 Å². The van der Waals surface area contributed by atoms with Crippen LogP contribution >= 0.6 is 23.1 Å². The molecule has 1 unspecified atom stereocenters. The Bertz CT molecular complexity index is 1160. The smallest absolute Gasteiger partial charge is 0.263 e. The maximum absolute atomic E-state index is 13.1. The van der Waals surface area contributed by atoms with Gasteiger partial charge in [0.25, 0.3) is 5.56 Å². The lowest BCUT2D eigenvalue weighted by Crippen LogP contribution is -2.32. The molecule has 0 aliphatic heterocycles. The lowest BCUT2D eigenvalue weighted by atomic mass is 9.97. The zero-order chi connectivity index (χ0) is 21.8. The van der Waals surface area contributed by atoms with E-state index in [0.29, 0.717) is 21.9 Å². The van der Waals surface area contributed by atoms with Crippen LogP contribution in [0.4, 0.5) is 0 Å². The Balaban J connectivity index is 1.47. The summed E-state index contributed by atoms with van der Waals surface area (Å²) in [6.07, 6.45) is 8.07. The Morgan fingerprint density at radius 1 is 1.29 bits per heavy atom. The van der Waals surface area contributed by atoms with E-state index in [2.05, 4.69) is 11.4 Å². The number of rotatable bonds is 7. The molecule has 2 heterocycles. The first-order valence-corrected chi connectivity index (χ1v) is 12.5. The van der Waals surface area contributed by atoms with Crippen molar-refractivity contribution in [2.45, 2.75) is 49.4 Å². The number of carbonyl (C=O) groups is 1. The summed E-state index contributed by atoms with van der Waals surface area (Å²) < 4.78 is 1.56. The summed E-state index contributed by atoms with van der Waals surface area (Å²) in [6.45, 7) is 2.52. The summed E-state index contributed by atoms with van der Waals surface area (Å²) in [5.41, 5.74) is 3.29. The molecule has 162 valence electrons. The van der Waals surface area contributed by atoms with Gasteiger partial charge in [0, 0.05) is 24.5 Å². The van der Waals surface area contributed by atoms with Crippen LogP contribution in [0.15, 0.2) is 57.3 Å². The van der Waals surface area contributed by atoms with Gasteiger partial charge in [0.1, 0.15) is 4.83 Å². The van der Waals surface area contributed by atoms with E-state index in [1.54, 1.807) is 11.6 Å². The largest absolute Gasteiger partial charge is 0.355 e. The zero-order valence-electron chi connectivity index (χ0n) is 17.9. The topological polar surface area (TPSA) is 64.0 Å². The van der Waals surface area contributed by atoms with Crippen LogP contribution in [0.3, 0.4) is 0 Å². The van der Waals surface area contributed by atoms with Crippen LogP contribution in [0.5, 0.6) is 0 Å². The first-order chi connectivity index (χ1) is 15.0. The van der Waals surface area contributed by atoms with Crippen LogP contribution in [-0.4, -0.2) is 27.3 Å². The van der Waals surface area contributed by atoms with Crippen LogP contribution < -0.4 is 10.9 Å². The van der Waals surface area contributed by atoms with E-state index in [-0.39, 0.29) is 16.7 Å². The normalized spacial score (nSPS) is 15.0. The van der Waals surface area contributed by atoms with Crippen molar-refractivity contribution in [3.05, 3.63) is 57.7 Å². The molecule has 0 spiro atoms. The van der Waals surface area contributed by atoms with Crippen molar-refractivity contribution in [3.63, 3.8) is 0 Å². The number of nitrogens with one attached hydrogen (secondary N) is 1. The number of thiophene rings is 1. The molecule has 0 radical (unpaired) electrons. The van der Waals surface area contributed by atoms with Gasteiger partial charge in [-0.15, -0.1) is 11.3 Å². The molecule has 0 fully saturated rings. The number of amides is 1. The predicted molar refractivity (Wildman–Crippen MR) is 130 cm³/mol. The number of hydrogen-bond donors (Lipinski definition) is 1. The molecule has 7 heteroatoms. The summed E-state index contributed by atoms with van der Waals surface area (Å²) in [5.74, 6) is -0.0214. The average molecular weight is 454 g/mol. The zero-order valence-corrected chi connectivity index (χ0v) is 19.5. The van der Waals surface area contributed by atoms with Crippen LogP contribution in [0.25, 0.3) is 21.3 Å². The monoisotopic (exact) mass is 453 g/mol. The van der Waals surface area contributed by atoms with Crippen LogP contribution in [-0.2, 0) is 11.8 Å². The first kappa shape index (κ1) is 21.8. The van der Waals surface area contributed by atoms with Crippen molar-refractivity contribution in [3.8, 4) is 11.1 Å². The van der Waals surface area contributed by atoms with Crippen molar-refractivity contribution < 1.29 is 4.79 Å². The molecule has 0 saturated carbocycles. The maximum atomic E-state index is 13.1. The fourth-order valence-electron chi connectivity index (χ4n) is 3.82. The summed E-state index contributed by atoms with van der Waals surface area (Å²) in [5, 5.41) is 5.90. The third-order valence-electron chi connectivity index (χ3n) is 5.64. The highest BCUT2D eigenvalue weighted by Gasteiger charge is 2.20. The number of fused-ring (bicyclic) bond motifs is 1. The van der Waals surface area contributed by atoms with Gasteiger partial charge in [-0.2, -0.15) is 0 Å². The molecule has 3 aromatic rings. The number of hydrogen-bond acceptors (Lipinski definition) is 5. The van der Waals surface area contributed by atoms with E-state index in [9.17, 15) is 9.59 Å². The third kappa shape index (κ3) is 4.93. The van der Waals surface area contributed by atoms with Gasteiger partial charge in [0.15, 0.2) is 5.16 Å². The number of benzene rings is 1. The summed E-state index contributed by atoms with van der Waals surface area (Å²) in [6, 6.07) is 9.89. The third-order valence-corrected chi connectivity index (χ3v) is 7.66. The van der Waals surface area contributed by atoms with Crippen molar-refractivity contribution in [2.75, 3.05) is 6.54 Å². The maximum Gasteiger partial charge on any atom is 0.263 e. The van der Waals surface area contributed by atoms with Gasteiger partial charge in [-0.25, -0.2) is 4.98 Å². The van der Waals surface area contributed by atoms with E-state index >= 15 is 0 Å². The van der Waals surface area contributed by atoms with Crippen molar-refractivity contribution >= 4 is 39.2 Å². The Kier molecular flexibility index (Phi) is 6.92. The molecule has 4 rings (SSSR count). The number of allylic oxidation sites excluding steroid dienone is 1. The van der Waals surface area contributed by atoms with Gasteiger partial charge in [-0.3, -0.25) is 14.2 Å². The highest BCUT2D eigenvalue weighted by molar-refractivity contribution is 8.00. The standard InChI is InChI=1S/C24H27N3O2S2/c1-16(21(28)25-14-13-17-9-5-3-6-10-17)31-24-26-22-20(23(29)27(24)2)19(15-30-22)18-11-7-4-8-12-18/h4,7-9,11-12,15-16H,3,5-6,10,13-14H2,1-2H3,(H,25,28). The Labute approximate surface area is 190 Å². The van der Waals surface area contributed by atoms with Crippen molar-refractivity contribution in [1.82, 2.24) is 14.9 Å². The molecule has 1 amide bonds. The molecule has 1 aliphatic carbocycles. The van der Waals surface area contributed by atoms with Gasteiger partial charge in [0.05, 0.1) is 10.6 Å². The fraction of sp³-hybridized carbons (Fsp3) is 0.375. The highest BCUT2D eigenvalue weighted by atomic mass is 32.2. The van der Waals surface area contributed by atoms with Gasteiger partial charge < -0.3 is 5.32 Å². The molecule has 0 saturated heterocycles. The molecule has 2 aromatic heterocycles. The van der Waals surface area contributed by atoms with E-state index in [0.717, 1.165) is 30.4 Å². The second-order valence-electron chi connectivity index (χ2n) is 7.86. The quantitative estimate of drug-likeness (QED) is 0.305. The SMILES string of the molecule is CC(Sc1nc2scc(-c3ccccc3)c2c(=O)n1C)C(=O)NCCC1=CCCCC1. The van der Waals surface area contributed by atoms with E-state index in [1.807, 2.05) is 42.6 Å². The molecule has 1 aliphatic rings. The minimum atomic E-state index is -0.329. The molecule has 5 nitrogen and oxygen atoms in total. The molecule has 1 aromatic carbocycles. The molecule has 1 atom stereocenters. The van der Waals surface area contributed by atoms with Gasteiger partial charge in [-0.05, 0) is 44.6 Å². The summed E-state index contributed by atoms with van der Waals surface area (Å²) in [4.78, 5) is 31.1. The summed E-state index contributed by atoms with van der Waals surface area (Å²) >= 11 is 2.80. The van der Waals surface area contributed by atoms with Crippen LogP contribution in [0, 0.1) is 0 Å². The second-order valence-corrected chi connectivity index (χ2v) is 10.0. The Morgan fingerprint density at radius 3 is 2.84 bits per heavy atom. The first-order valence-electron chi connectivity index (χ1n) is 10.7. The molecule has 31 heavy (non-hydrogen) atoms. The highest BCUT2D eigenvalue weighted by Crippen LogP contribution is 2.32. The fourth-order valence-corrected chi connectivity index (χ4v) is 5.71. The number of nitrogens with zero attached hydrogens (tertiary/aromatic N) is 2. The molecular formula is C24H27N3O2S2. The van der Waals surface area contributed by atoms with Crippen molar-refractivity contribution in [2.24, 2.45) is 7.05 Å². The number of thioether (sulfide) groups is 1. The van der Waals surface area contributed by atoms with Crippen LogP contribution in [0.2, 0.25) is 0 Å². The minimum absolute atomic E-state index is 0.0214.